The van der Waals surface area contributed by atoms with Crippen LogP contribution in [0.3, 0.4) is 0 Å². The van der Waals surface area contributed by atoms with Crippen LogP contribution in [0.5, 0.6) is 5.75 Å². The molecule has 1 aromatic rings. The zero-order chi connectivity index (χ0) is 13.4. The van der Waals surface area contributed by atoms with Crippen molar-refractivity contribution in [3.63, 3.8) is 0 Å². The van der Waals surface area contributed by atoms with Crippen molar-refractivity contribution in [3.8, 4) is 5.75 Å². The van der Waals surface area contributed by atoms with Gasteiger partial charge in [-0.2, -0.15) is 0 Å². The standard InChI is InChI=1S/C15H18N2O3/c1-2-4-13-11(3-1)15-12(10-19-13)14(20-16-15)9-17-5-7-18-8-6-17/h1-4,12,14H,5-10H2. The van der Waals surface area contributed by atoms with E-state index in [1.165, 1.54) is 0 Å². The lowest BCUT2D eigenvalue weighted by molar-refractivity contribution is -0.0150. The Morgan fingerprint density at radius 2 is 2.05 bits per heavy atom. The quantitative estimate of drug-likeness (QED) is 0.811. The van der Waals surface area contributed by atoms with E-state index < -0.39 is 0 Å². The second-order valence-electron chi connectivity index (χ2n) is 5.45. The van der Waals surface area contributed by atoms with E-state index in [0.717, 1.165) is 49.9 Å². The van der Waals surface area contributed by atoms with E-state index in [-0.39, 0.29) is 12.0 Å². The molecule has 2 unspecified atom stereocenters. The molecule has 4 rings (SSSR count). The predicted octanol–water partition coefficient (Wildman–Crippen LogP) is 1.13. The maximum absolute atomic E-state index is 5.85. The van der Waals surface area contributed by atoms with Crippen molar-refractivity contribution in [2.24, 2.45) is 11.1 Å². The SMILES string of the molecule is c1ccc2c(c1)OCC1C2=NOC1CN1CCOCC1. The third-order valence-corrected chi connectivity index (χ3v) is 4.21. The summed E-state index contributed by atoms with van der Waals surface area (Å²) in [5.41, 5.74) is 2.12. The molecule has 106 valence electrons. The van der Waals surface area contributed by atoms with Crippen LogP contribution in [-0.2, 0) is 9.57 Å². The first-order valence-electron chi connectivity index (χ1n) is 7.18. The minimum absolute atomic E-state index is 0.0939. The Bertz CT molecular complexity index is 526. The first kappa shape index (κ1) is 12.2. The van der Waals surface area contributed by atoms with E-state index in [2.05, 4.69) is 16.1 Å². The van der Waals surface area contributed by atoms with Crippen molar-refractivity contribution < 1.29 is 14.3 Å². The summed E-state index contributed by atoms with van der Waals surface area (Å²) < 4.78 is 11.2. The van der Waals surface area contributed by atoms with E-state index in [4.69, 9.17) is 14.3 Å². The van der Waals surface area contributed by atoms with Gasteiger partial charge >= 0.3 is 0 Å². The molecule has 0 bridgehead atoms. The minimum atomic E-state index is 0.0939. The molecule has 3 heterocycles. The second kappa shape index (κ2) is 5.07. The van der Waals surface area contributed by atoms with Gasteiger partial charge in [-0.3, -0.25) is 4.90 Å². The van der Waals surface area contributed by atoms with Gasteiger partial charge in [-0.15, -0.1) is 0 Å². The lowest BCUT2D eigenvalue weighted by Gasteiger charge is -2.31. The van der Waals surface area contributed by atoms with E-state index in [1.807, 2.05) is 18.2 Å². The molecule has 0 amide bonds. The van der Waals surface area contributed by atoms with Gasteiger partial charge in [-0.05, 0) is 12.1 Å². The van der Waals surface area contributed by atoms with Gasteiger partial charge in [0, 0.05) is 25.2 Å². The van der Waals surface area contributed by atoms with Gasteiger partial charge < -0.3 is 14.3 Å². The normalized spacial score (nSPS) is 28.9. The van der Waals surface area contributed by atoms with Crippen molar-refractivity contribution in [1.29, 1.82) is 0 Å². The second-order valence-corrected chi connectivity index (χ2v) is 5.45. The average Bonchev–Trinajstić information content (AvgIpc) is 2.92. The number of fused-ring (bicyclic) bond motifs is 3. The Labute approximate surface area is 118 Å². The highest BCUT2D eigenvalue weighted by atomic mass is 16.6. The van der Waals surface area contributed by atoms with E-state index in [0.29, 0.717) is 6.61 Å². The lowest BCUT2D eigenvalue weighted by Crippen LogP contribution is -2.45. The predicted molar refractivity (Wildman–Crippen MR) is 74.1 cm³/mol. The van der Waals surface area contributed by atoms with Crippen LogP contribution in [0.15, 0.2) is 29.4 Å². The summed E-state index contributed by atoms with van der Waals surface area (Å²) in [5.74, 6) is 1.16. The van der Waals surface area contributed by atoms with Crippen LogP contribution in [0.25, 0.3) is 0 Å². The number of hydrogen-bond acceptors (Lipinski definition) is 5. The molecule has 0 aliphatic carbocycles. The van der Waals surface area contributed by atoms with Crippen LogP contribution in [0.4, 0.5) is 0 Å². The van der Waals surface area contributed by atoms with Crippen molar-refractivity contribution in [2.75, 3.05) is 39.5 Å². The zero-order valence-electron chi connectivity index (χ0n) is 11.3. The van der Waals surface area contributed by atoms with Gasteiger partial charge in [-0.1, -0.05) is 17.3 Å². The maximum atomic E-state index is 5.85. The smallest absolute Gasteiger partial charge is 0.151 e. The average molecular weight is 274 g/mol. The summed E-state index contributed by atoms with van der Waals surface area (Å²) in [7, 11) is 0. The number of oxime groups is 1. The summed E-state index contributed by atoms with van der Waals surface area (Å²) in [5, 5.41) is 4.32. The molecule has 3 aliphatic heterocycles. The Morgan fingerprint density at radius 1 is 1.20 bits per heavy atom. The molecule has 5 nitrogen and oxygen atoms in total. The molecule has 0 N–H and O–H groups in total. The molecule has 1 aromatic carbocycles. The molecule has 20 heavy (non-hydrogen) atoms. The lowest BCUT2D eigenvalue weighted by atomic mass is 9.90. The fourth-order valence-corrected chi connectivity index (χ4v) is 3.06. The largest absolute Gasteiger partial charge is 0.492 e. The monoisotopic (exact) mass is 274 g/mol. The molecule has 1 saturated heterocycles. The molecule has 0 saturated carbocycles. The maximum Gasteiger partial charge on any atom is 0.151 e. The Morgan fingerprint density at radius 3 is 2.95 bits per heavy atom. The number of para-hydroxylation sites is 1. The molecule has 2 atom stereocenters. The Balaban J connectivity index is 1.49. The minimum Gasteiger partial charge on any atom is -0.492 e. The van der Waals surface area contributed by atoms with Crippen LogP contribution in [0.2, 0.25) is 0 Å². The van der Waals surface area contributed by atoms with Gasteiger partial charge in [0.25, 0.3) is 0 Å². The summed E-state index contributed by atoms with van der Waals surface area (Å²) in [6, 6.07) is 8.05. The van der Waals surface area contributed by atoms with E-state index >= 15 is 0 Å². The van der Waals surface area contributed by atoms with Gasteiger partial charge in [0.05, 0.1) is 19.1 Å². The Hall–Kier alpha value is -1.59. The van der Waals surface area contributed by atoms with Gasteiger partial charge in [0.15, 0.2) is 6.10 Å². The molecule has 5 heteroatoms. The topological polar surface area (TPSA) is 43.3 Å². The van der Waals surface area contributed by atoms with Gasteiger partial charge in [-0.25, -0.2) is 0 Å². The van der Waals surface area contributed by atoms with Crippen LogP contribution in [0.1, 0.15) is 5.56 Å². The number of hydrogen-bond donors (Lipinski definition) is 0. The molecular formula is C15H18N2O3. The van der Waals surface area contributed by atoms with Gasteiger partial charge in [0.1, 0.15) is 18.1 Å². The fraction of sp³-hybridized carbons (Fsp3) is 0.533. The number of benzene rings is 1. The highest BCUT2D eigenvalue weighted by Crippen LogP contribution is 2.33. The van der Waals surface area contributed by atoms with Crippen LogP contribution < -0.4 is 4.74 Å². The van der Waals surface area contributed by atoms with Crippen molar-refractivity contribution in [2.45, 2.75) is 6.10 Å². The summed E-state index contributed by atoms with van der Waals surface area (Å²) >= 11 is 0. The Kier molecular flexibility index (Phi) is 3.09. The molecule has 0 aromatic heterocycles. The molecule has 0 radical (unpaired) electrons. The van der Waals surface area contributed by atoms with Crippen LogP contribution in [-0.4, -0.2) is 56.2 Å². The third-order valence-electron chi connectivity index (χ3n) is 4.21. The number of ether oxygens (including phenoxy) is 2. The zero-order valence-corrected chi connectivity index (χ0v) is 11.3. The molecule has 0 spiro atoms. The first-order chi connectivity index (χ1) is 9.92. The number of nitrogens with zero attached hydrogens (tertiary/aromatic N) is 2. The highest BCUT2D eigenvalue weighted by Gasteiger charge is 2.40. The van der Waals surface area contributed by atoms with E-state index in [1.54, 1.807) is 0 Å². The highest BCUT2D eigenvalue weighted by molar-refractivity contribution is 6.06. The van der Waals surface area contributed by atoms with Crippen LogP contribution in [0, 0.1) is 5.92 Å². The fourth-order valence-electron chi connectivity index (χ4n) is 3.06. The summed E-state index contributed by atoms with van der Waals surface area (Å²) in [6.07, 6.45) is 0.0939. The summed E-state index contributed by atoms with van der Waals surface area (Å²) in [6.45, 7) is 5.12. The molecular weight excluding hydrogens is 256 g/mol. The van der Waals surface area contributed by atoms with Crippen molar-refractivity contribution in [1.82, 2.24) is 4.90 Å². The van der Waals surface area contributed by atoms with Gasteiger partial charge in [0.2, 0.25) is 0 Å². The van der Waals surface area contributed by atoms with Crippen LogP contribution >= 0.6 is 0 Å². The van der Waals surface area contributed by atoms with E-state index in [9.17, 15) is 0 Å². The first-order valence-corrected chi connectivity index (χ1v) is 7.18. The number of rotatable bonds is 2. The third kappa shape index (κ3) is 2.07. The van der Waals surface area contributed by atoms with Crippen molar-refractivity contribution >= 4 is 5.71 Å². The number of morpholine rings is 1. The van der Waals surface area contributed by atoms with Crippen molar-refractivity contribution in [3.05, 3.63) is 29.8 Å². The molecule has 3 aliphatic rings. The summed E-state index contributed by atoms with van der Waals surface area (Å²) in [4.78, 5) is 8.07. The molecule has 1 fully saturated rings.